The van der Waals surface area contributed by atoms with Crippen LogP contribution in [0.2, 0.25) is 0 Å². The lowest BCUT2D eigenvalue weighted by Gasteiger charge is -2.12. The van der Waals surface area contributed by atoms with Crippen LogP contribution in [-0.2, 0) is 27.1 Å². The highest BCUT2D eigenvalue weighted by Gasteiger charge is 2.34. The second-order valence-corrected chi connectivity index (χ2v) is 10.1. The lowest BCUT2D eigenvalue weighted by atomic mass is 10.1. The summed E-state index contributed by atoms with van der Waals surface area (Å²) in [6.45, 7) is 12.1. The molecule has 45 heavy (non-hydrogen) atoms. The first-order valence-electron chi connectivity index (χ1n) is 13.7. The van der Waals surface area contributed by atoms with Crippen molar-refractivity contribution >= 4 is 20.0 Å². The Morgan fingerprint density at radius 3 is 1.96 bits per heavy atom. The molecule has 1 aliphatic heterocycles. The van der Waals surface area contributed by atoms with E-state index in [2.05, 4.69) is 63.9 Å². The summed E-state index contributed by atoms with van der Waals surface area (Å²) < 4.78 is 49.6. The number of benzene rings is 1. The van der Waals surface area contributed by atoms with E-state index >= 15 is 0 Å². The average molecular weight is 633 g/mol. The summed E-state index contributed by atoms with van der Waals surface area (Å²) in [6.07, 6.45) is 9.50. The van der Waals surface area contributed by atoms with E-state index in [4.69, 9.17) is 9.59 Å². The van der Waals surface area contributed by atoms with Crippen molar-refractivity contribution in [1.82, 2.24) is 30.2 Å². The first-order valence-corrected chi connectivity index (χ1v) is 13.7. The number of hydrogen-bond acceptors (Lipinski definition) is 8. The van der Waals surface area contributed by atoms with Crippen LogP contribution in [0.5, 0.6) is 0 Å². The van der Waals surface area contributed by atoms with Gasteiger partial charge in [0.15, 0.2) is 0 Å². The summed E-state index contributed by atoms with van der Waals surface area (Å²) in [4.78, 5) is 44.3. The molecule has 0 unspecified atom stereocenters. The summed E-state index contributed by atoms with van der Waals surface area (Å²) in [5.41, 5.74) is 2.49. The molecular formula is C32H40F4N6O3. The standard InChI is InChI=1S/C14H12F3N5O.C7H7F.C7H15N.C2H2.2CH2O/c15-14(16,17)13-19-4-9(5-20-13)11-3-10(6-18-7-23)21-12(22-11)8-1-2-8;1-6-2-4-7(8)5-3-6;1-6-4-7(2)8(3)5-6;3*1-2/h3-5,7-8H,1-2,6H2,(H,18,23);2-5H,1H3;6-7H,4-5H2,1-3H3;1-2H;2*1H2/t;;6-,7-;;;/m..1.../s1. The summed E-state index contributed by atoms with van der Waals surface area (Å²) >= 11 is 0. The Morgan fingerprint density at radius 1 is 1.02 bits per heavy atom. The van der Waals surface area contributed by atoms with E-state index in [1.807, 2.05) is 20.5 Å². The maximum Gasteiger partial charge on any atom is 0.451 e. The molecule has 2 aliphatic rings. The SMILES string of the molecule is C#C.C=O.C=O.C[C@@H]1C[C@@H](C)N(C)C1.Cc1ccc(F)cc1.O=CNCc1cc(-c2cnc(C(F)(F)F)nc2)nc(C2CC2)n1. The molecule has 3 heterocycles. The third-order valence-electron chi connectivity index (χ3n) is 6.41. The van der Waals surface area contributed by atoms with E-state index in [0.717, 1.165) is 42.8 Å². The van der Waals surface area contributed by atoms with Crippen molar-refractivity contribution in [2.45, 2.75) is 64.7 Å². The zero-order valence-corrected chi connectivity index (χ0v) is 25.9. The molecule has 5 rings (SSSR count). The number of likely N-dealkylation sites (tertiary alicyclic amines) is 1. The van der Waals surface area contributed by atoms with Gasteiger partial charge in [-0.1, -0.05) is 24.6 Å². The number of carbonyl (C=O) groups excluding carboxylic acids is 3. The highest BCUT2D eigenvalue weighted by molar-refractivity contribution is 5.57. The summed E-state index contributed by atoms with van der Waals surface area (Å²) in [7, 11) is 2.20. The Morgan fingerprint density at radius 2 is 1.58 bits per heavy atom. The van der Waals surface area contributed by atoms with Crippen LogP contribution < -0.4 is 5.32 Å². The number of nitrogens with zero attached hydrogens (tertiary/aromatic N) is 5. The molecule has 2 aromatic heterocycles. The topological polar surface area (TPSA) is 118 Å². The van der Waals surface area contributed by atoms with Crippen LogP contribution >= 0.6 is 0 Å². The lowest BCUT2D eigenvalue weighted by Crippen LogP contribution is -2.21. The van der Waals surface area contributed by atoms with Gasteiger partial charge in [0.25, 0.3) is 0 Å². The normalized spacial score (nSPS) is 16.6. The minimum absolute atomic E-state index is 0.171. The van der Waals surface area contributed by atoms with E-state index in [9.17, 15) is 22.4 Å². The quantitative estimate of drug-likeness (QED) is 0.225. The second-order valence-electron chi connectivity index (χ2n) is 10.1. The van der Waals surface area contributed by atoms with E-state index in [1.54, 1.807) is 18.2 Å². The smallest absolute Gasteiger partial charge is 0.353 e. The van der Waals surface area contributed by atoms with E-state index in [0.29, 0.717) is 29.2 Å². The maximum atomic E-state index is 12.5. The average Bonchev–Trinajstić information content (AvgIpc) is 3.86. The predicted octanol–water partition coefficient (Wildman–Crippen LogP) is 5.44. The predicted molar refractivity (Wildman–Crippen MR) is 164 cm³/mol. The van der Waals surface area contributed by atoms with Crippen LogP contribution in [0.3, 0.4) is 0 Å². The molecule has 1 aromatic carbocycles. The van der Waals surface area contributed by atoms with Gasteiger partial charge in [-0.25, -0.2) is 24.3 Å². The van der Waals surface area contributed by atoms with Gasteiger partial charge >= 0.3 is 6.18 Å². The molecule has 2 atom stereocenters. The maximum absolute atomic E-state index is 12.5. The van der Waals surface area contributed by atoms with Crippen LogP contribution in [0, 0.1) is 31.5 Å². The Labute approximate surface area is 261 Å². The van der Waals surface area contributed by atoms with Crippen molar-refractivity contribution in [3.63, 3.8) is 0 Å². The van der Waals surface area contributed by atoms with Crippen LogP contribution in [0.15, 0.2) is 42.7 Å². The largest absolute Gasteiger partial charge is 0.451 e. The molecule has 1 aliphatic carbocycles. The second kappa shape index (κ2) is 21.2. The van der Waals surface area contributed by atoms with Crippen LogP contribution in [0.1, 0.15) is 61.9 Å². The van der Waals surface area contributed by atoms with Gasteiger partial charge in [-0.05, 0) is 64.3 Å². The molecule has 3 aromatic rings. The highest BCUT2D eigenvalue weighted by atomic mass is 19.4. The molecule has 1 saturated carbocycles. The van der Waals surface area contributed by atoms with Crippen molar-refractivity contribution in [2.24, 2.45) is 5.92 Å². The third-order valence-corrected chi connectivity index (χ3v) is 6.41. The van der Waals surface area contributed by atoms with Gasteiger partial charge in [-0.3, -0.25) is 4.79 Å². The number of aryl methyl sites for hydroxylation is 1. The molecule has 9 nitrogen and oxygen atoms in total. The molecule has 0 spiro atoms. The number of alkyl halides is 3. The zero-order valence-electron chi connectivity index (χ0n) is 25.9. The Bertz CT molecular complexity index is 1250. The van der Waals surface area contributed by atoms with Crippen molar-refractivity contribution in [3.8, 4) is 24.1 Å². The fourth-order valence-corrected chi connectivity index (χ4v) is 4.07. The van der Waals surface area contributed by atoms with Crippen LogP contribution in [0.4, 0.5) is 17.6 Å². The highest BCUT2D eigenvalue weighted by Crippen LogP contribution is 2.38. The molecule has 0 bridgehead atoms. The van der Waals surface area contributed by atoms with Gasteiger partial charge in [0.05, 0.1) is 17.9 Å². The molecule has 13 heteroatoms. The monoisotopic (exact) mass is 632 g/mol. The number of halogens is 4. The number of rotatable bonds is 5. The first-order chi connectivity index (χ1) is 21.5. The van der Waals surface area contributed by atoms with Gasteiger partial charge in [-0.2, -0.15) is 13.2 Å². The zero-order chi connectivity index (χ0) is 34.6. The van der Waals surface area contributed by atoms with Gasteiger partial charge in [0.2, 0.25) is 12.2 Å². The van der Waals surface area contributed by atoms with Crippen molar-refractivity contribution in [3.05, 3.63) is 71.4 Å². The number of carbonyl (C=O) groups is 3. The molecule has 0 radical (unpaired) electrons. The van der Waals surface area contributed by atoms with Crippen molar-refractivity contribution < 1.29 is 31.9 Å². The molecule has 1 amide bonds. The van der Waals surface area contributed by atoms with Crippen molar-refractivity contribution in [2.75, 3.05) is 13.6 Å². The molecule has 1 saturated heterocycles. The fraction of sp³-hybridized carbons (Fsp3) is 0.406. The lowest BCUT2D eigenvalue weighted by molar-refractivity contribution is -0.145. The first kappa shape index (κ1) is 40.4. The third kappa shape index (κ3) is 15.1. The number of amides is 1. The summed E-state index contributed by atoms with van der Waals surface area (Å²) in [6, 6.07) is 8.83. The van der Waals surface area contributed by atoms with Crippen molar-refractivity contribution in [1.29, 1.82) is 0 Å². The van der Waals surface area contributed by atoms with Gasteiger partial charge < -0.3 is 19.8 Å². The molecular weight excluding hydrogens is 592 g/mol. The van der Waals surface area contributed by atoms with E-state index in [1.165, 1.54) is 25.1 Å². The molecule has 244 valence electrons. The minimum Gasteiger partial charge on any atom is -0.353 e. The number of hydrogen-bond donors (Lipinski definition) is 1. The molecule has 2 fully saturated rings. The summed E-state index contributed by atoms with van der Waals surface area (Å²) in [5, 5.41) is 2.51. The molecule has 1 N–H and O–H groups in total. The van der Waals surface area contributed by atoms with E-state index in [-0.39, 0.29) is 18.3 Å². The van der Waals surface area contributed by atoms with Gasteiger partial charge in [-0.15, -0.1) is 12.8 Å². The Hall–Kier alpha value is -4.57. The van der Waals surface area contributed by atoms with Gasteiger partial charge in [0, 0.05) is 36.5 Å². The minimum atomic E-state index is -4.58. The van der Waals surface area contributed by atoms with E-state index < -0.39 is 12.0 Å². The Kier molecular flexibility index (Phi) is 19.0. The number of aromatic nitrogens is 4. The van der Waals surface area contributed by atoms with Crippen LogP contribution in [0.25, 0.3) is 11.3 Å². The fourth-order valence-electron chi connectivity index (χ4n) is 4.07. The van der Waals surface area contributed by atoms with Crippen LogP contribution in [-0.4, -0.2) is 64.5 Å². The number of terminal acetylenes is 1. The number of nitrogens with one attached hydrogen (secondary N) is 1. The van der Waals surface area contributed by atoms with Gasteiger partial charge in [0.1, 0.15) is 25.2 Å². The summed E-state index contributed by atoms with van der Waals surface area (Å²) in [5.74, 6) is 0.455. The Balaban J connectivity index is 0.000000721.